The van der Waals surface area contributed by atoms with Gasteiger partial charge in [0, 0.05) is 18.3 Å². The van der Waals surface area contributed by atoms with E-state index >= 15 is 0 Å². The van der Waals surface area contributed by atoms with Crippen molar-refractivity contribution in [2.75, 3.05) is 11.5 Å². The number of rotatable bonds is 8. The summed E-state index contributed by atoms with van der Waals surface area (Å²) in [7, 11) is 0. The maximum Gasteiger partial charge on any atom is 0.0208 e. The SMILES string of the molecule is CCSCC(C)NCc1ccc(CC(C)C)cc1. The van der Waals surface area contributed by atoms with E-state index in [1.807, 2.05) is 11.8 Å². The van der Waals surface area contributed by atoms with E-state index in [-0.39, 0.29) is 0 Å². The van der Waals surface area contributed by atoms with Gasteiger partial charge in [-0.1, -0.05) is 45.0 Å². The fourth-order valence-electron chi connectivity index (χ4n) is 1.91. The molecule has 1 aromatic rings. The second kappa shape index (κ2) is 8.60. The smallest absolute Gasteiger partial charge is 0.0208 e. The molecule has 1 aromatic carbocycles. The van der Waals surface area contributed by atoms with Gasteiger partial charge in [-0.25, -0.2) is 0 Å². The van der Waals surface area contributed by atoms with E-state index in [9.17, 15) is 0 Å². The predicted molar refractivity (Wildman–Crippen MR) is 84.3 cm³/mol. The van der Waals surface area contributed by atoms with Crippen LogP contribution in [-0.4, -0.2) is 17.5 Å². The van der Waals surface area contributed by atoms with Crippen molar-refractivity contribution in [2.24, 2.45) is 5.92 Å². The summed E-state index contributed by atoms with van der Waals surface area (Å²) in [5.41, 5.74) is 2.83. The molecule has 0 heterocycles. The Balaban J connectivity index is 2.34. The van der Waals surface area contributed by atoms with E-state index in [2.05, 4.69) is 57.3 Å². The highest BCUT2D eigenvalue weighted by Gasteiger charge is 2.02. The zero-order valence-corrected chi connectivity index (χ0v) is 13.0. The molecule has 0 radical (unpaired) electrons. The first kappa shape index (κ1) is 15.6. The third-order valence-corrected chi connectivity index (χ3v) is 4.04. The monoisotopic (exact) mass is 265 g/mol. The number of hydrogen-bond acceptors (Lipinski definition) is 2. The Kier molecular flexibility index (Phi) is 7.45. The second-order valence-electron chi connectivity index (χ2n) is 5.36. The lowest BCUT2D eigenvalue weighted by Gasteiger charge is -2.13. The van der Waals surface area contributed by atoms with Gasteiger partial charge >= 0.3 is 0 Å². The molecule has 1 unspecified atom stereocenters. The molecule has 1 N–H and O–H groups in total. The molecule has 2 heteroatoms. The minimum absolute atomic E-state index is 0.588. The molecule has 1 rings (SSSR count). The minimum Gasteiger partial charge on any atom is -0.309 e. The molecule has 0 fully saturated rings. The van der Waals surface area contributed by atoms with Crippen LogP contribution in [0.4, 0.5) is 0 Å². The summed E-state index contributed by atoms with van der Waals surface area (Å²) in [6.45, 7) is 9.99. The maximum absolute atomic E-state index is 3.57. The van der Waals surface area contributed by atoms with Crippen LogP contribution in [0.5, 0.6) is 0 Å². The van der Waals surface area contributed by atoms with Crippen molar-refractivity contribution in [3.8, 4) is 0 Å². The molecular weight excluding hydrogens is 238 g/mol. The third kappa shape index (κ3) is 6.46. The van der Waals surface area contributed by atoms with Crippen LogP contribution in [-0.2, 0) is 13.0 Å². The molecule has 18 heavy (non-hydrogen) atoms. The molecule has 0 bridgehead atoms. The fourth-order valence-corrected chi connectivity index (χ4v) is 2.62. The van der Waals surface area contributed by atoms with E-state index in [0.29, 0.717) is 6.04 Å². The Morgan fingerprint density at radius 1 is 1.06 bits per heavy atom. The van der Waals surface area contributed by atoms with Gasteiger partial charge in [-0.2, -0.15) is 11.8 Å². The Labute approximate surface area is 117 Å². The summed E-state index contributed by atoms with van der Waals surface area (Å²) in [5, 5.41) is 3.57. The van der Waals surface area contributed by atoms with Crippen LogP contribution >= 0.6 is 11.8 Å². The van der Waals surface area contributed by atoms with Gasteiger partial charge in [-0.3, -0.25) is 0 Å². The van der Waals surface area contributed by atoms with Gasteiger partial charge in [0.25, 0.3) is 0 Å². The van der Waals surface area contributed by atoms with Crippen LogP contribution in [0.25, 0.3) is 0 Å². The van der Waals surface area contributed by atoms with Crippen molar-refractivity contribution >= 4 is 11.8 Å². The summed E-state index contributed by atoms with van der Waals surface area (Å²) in [6.07, 6.45) is 1.18. The van der Waals surface area contributed by atoms with E-state index in [4.69, 9.17) is 0 Å². The molecule has 0 saturated heterocycles. The Morgan fingerprint density at radius 2 is 1.67 bits per heavy atom. The van der Waals surface area contributed by atoms with Crippen molar-refractivity contribution in [2.45, 2.75) is 46.7 Å². The number of hydrogen-bond donors (Lipinski definition) is 1. The largest absolute Gasteiger partial charge is 0.309 e. The molecule has 0 aromatic heterocycles. The van der Waals surface area contributed by atoms with Gasteiger partial charge in [-0.05, 0) is 36.1 Å². The normalized spacial score (nSPS) is 12.9. The molecule has 0 aliphatic heterocycles. The van der Waals surface area contributed by atoms with Gasteiger partial charge in [-0.15, -0.1) is 0 Å². The van der Waals surface area contributed by atoms with Crippen molar-refractivity contribution in [1.29, 1.82) is 0 Å². The first-order chi connectivity index (χ1) is 8.61. The van der Waals surface area contributed by atoms with Crippen LogP contribution in [0.2, 0.25) is 0 Å². The quantitative estimate of drug-likeness (QED) is 0.759. The van der Waals surface area contributed by atoms with Crippen molar-refractivity contribution in [1.82, 2.24) is 5.32 Å². The predicted octanol–water partition coefficient (Wildman–Crippen LogP) is 4.12. The Bertz CT molecular complexity index is 318. The highest BCUT2D eigenvalue weighted by Crippen LogP contribution is 2.10. The third-order valence-electron chi connectivity index (χ3n) is 2.89. The summed E-state index contributed by atoms with van der Waals surface area (Å²) in [4.78, 5) is 0. The first-order valence-electron chi connectivity index (χ1n) is 7.00. The zero-order valence-electron chi connectivity index (χ0n) is 12.2. The maximum atomic E-state index is 3.57. The second-order valence-corrected chi connectivity index (χ2v) is 6.67. The summed E-state index contributed by atoms with van der Waals surface area (Å²) < 4.78 is 0. The molecule has 1 atom stereocenters. The summed E-state index contributed by atoms with van der Waals surface area (Å²) in [6, 6.07) is 9.63. The molecule has 0 spiro atoms. The number of benzene rings is 1. The molecular formula is C16H27NS. The van der Waals surface area contributed by atoms with E-state index in [0.717, 1.165) is 12.5 Å². The highest BCUT2D eigenvalue weighted by molar-refractivity contribution is 7.99. The van der Waals surface area contributed by atoms with Crippen molar-refractivity contribution < 1.29 is 0 Å². The zero-order chi connectivity index (χ0) is 13.4. The summed E-state index contributed by atoms with van der Waals surface area (Å²) >= 11 is 2.00. The minimum atomic E-state index is 0.588. The van der Waals surface area contributed by atoms with Gasteiger partial charge in [0.2, 0.25) is 0 Å². The molecule has 102 valence electrons. The average Bonchev–Trinajstić information content (AvgIpc) is 2.35. The molecule has 0 saturated carbocycles. The van der Waals surface area contributed by atoms with Crippen LogP contribution in [0.3, 0.4) is 0 Å². The van der Waals surface area contributed by atoms with E-state index in [1.165, 1.54) is 29.1 Å². The first-order valence-corrected chi connectivity index (χ1v) is 8.16. The summed E-state index contributed by atoms with van der Waals surface area (Å²) in [5.74, 6) is 3.14. The fraction of sp³-hybridized carbons (Fsp3) is 0.625. The van der Waals surface area contributed by atoms with Gasteiger partial charge < -0.3 is 5.32 Å². The van der Waals surface area contributed by atoms with Gasteiger partial charge in [0.05, 0.1) is 0 Å². The van der Waals surface area contributed by atoms with E-state index in [1.54, 1.807) is 0 Å². The molecule has 1 nitrogen and oxygen atoms in total. The van der Waals surface area contributed by atoms with Crippen LogP contribution in [0, 0.1) is 5.92 Å². The number of thioether (sulfide) groups is 1. The standard InChI is InChI=1S/C16H27NS/c1-5-18-12-14(4)17-11-16-8-6-15(7-9-16)10-13(2)3/h6-9,13-14,17H,5,10-12H2,1-4H3. The Hall–Kier alpha value is -0.470. The van der Waals surface area contributed by atoms with Crippen molar-refractivity contribution in [3.05, 3.63) is 35.4 Å². The highest BCUT2D eigenvalue weighted by atomic mass is 32.2. The Morgan fingerprint density at radius 3 is 2.22 bits per heavy atom. The average molecular weight is 265 g/mol. The van der Waals surface area contributed by atoms with Gasteiger partial charge in [0.15, 0.2) is 0 Å². The lowest BCUT2D eigenvalue weighted by atomic mass is 10.0. The van der Waals surface area contributed by atoms with E-state index < -0.39 is 0 Å². The van der Waals surface area contributed by atoms with Crippen LogP contribution in [0.15, 0.2) is 24.3 Å². The molecule has 0 aliphatic carbocycles. The van der Waals surface area contributed by atoms with Gasteiger partial charge in [0.1, 0.15) is 0 Å². The molecule has 0 aliphatic rings. The van der Waals surface area contributed by atoms with Crippen LogP contribution in [0.1, 0.15) is 38.8 Å². The lowest BCUT2D eigenvalue weighted by Crippen LogP contribution is -2.27. The topological polar surface area (TPSA) is 12.0 Å². The molecule has 0 amide bonds. The number of nitrogens with one attached hydrogen (secondary N) is 1. The van der Waals surface area contributed by atoms with Crippen molar-refractivity contribution in [3.63, 3.8) is 0 Å². The lowest BCUT2D eigenvalue weighted by molar-refractivity contribution is 0.595. The van der Waals surface area contributed by atoms with Crippen LogP contribution < -0.4 is 5.32 Å².